The predicted octanol–water partition coefficient (Wildman–Crippen LogP) is 1.86. The summed E-state index contributed by atoms with van der Waals surface area (Å²) in [5, 5.41) is 5.52. The lowest BCUT2D eigenvalue weighted by atomic mass is 10.1. The van der Waals surface area contributed by atoms with E-state index in [0.717, 1.165) is 5.56 Å². The molecule has 0 spiro atoms. The van der Waals surface area contributed by atoms with Crippen molar-refractivity contribution in [2.75, 3.05) is 6.26 Å². The monoisotopic (exact) mass is 284 g/mol. The van der Waals surface area contributed by atoms with E-state index < -0.39 is 9.84 Å². The van der Waals surface area contributed by atoms with Gasteiger partial charge in [0.05, 0.1) is 10.9 Å². The molecule has 1 atom stereocenters. The smallest absolute Gasteiger partial charge is 0.315 e. The van der Waals surface area contributed by atoms with Gasteiger partial charge in [-0.05, 0) is 38.5 Å². The molecule has 6 heteroatoms. The van der Waals surface area contributed by atoms with Crippen molar-refractivity contribution in [2.45, 2.75) is 37.8 Å². The maximum absolute atomic E-state index is 11.5. The van der Waals surface area contributed by atoms with Crippen molar-refractivity contribution in [3.63, 3.8) is 0 Å². The van der Waals surface area contributed by atoms with Crippen molar-refractivity contribution in [2.24, 2.45) is 0 Å². The summed E-state index contributed by atoms with van der Waals surface area (Å²) in [6.45, 7) is 5.60. The van der Waals surface area contributed by atoms with Crippen LogP contribution in [0.3, 0.4) is 0 Å². The number of hydrogen-bond acceptors (Lipinski definition) is 3. The number of amides is 2. The Hall–Kier alpha value is -1.56. The van der Waals surface area contributed by atoms with Crippen LogP contribution < -0.4 is 10.6 Å². The lowest BCUT2D eigenvalue weighted by Gasteiger charge is -2.16. The molecule has 1 aromatic rings. The lowest BCUT2D eigenvalue weighted by Crippen LogP contribution is -2.40. The maximum atomic E-state index is 11.5. The highest BCUT2D eigenvalue weighted by Crippen LogP contribution is 2.16. The number of carbonyl (C=O) groups excluding carboxylic acids is 1. The first-order valence-corrected chi connectivity index (χ1v) is 7.96. The number of rotatable bonds is 4. The second kappa shape index (κ2) is 6.06. The number of urea groups is 1. The van der Waals surface area contributed by atoms with E-state index in [1.807, 2.05) is 20.8 Å². The fraction of sp³-hybridized carbons (Fsp3) is 0.462. The molecule has 0 aliphatic carbocycles. The number of hydrogen-bond donors (Lipinski definition) is 2. The Morgan fingerprint density at radius 3 is 2.00 bits per heavy atom. The highest BCUT2D eigenvalue weighted by molar-refractivity contribution is 7.90. The quantitative estimate of drug-likeness (QED) is 0.886. The van der Waals surface area contributed by atoms with Gasteiger partial charge in [0.25, 0.3) is 0 Å². The van der Waals surface area contributed by atoms with Crippen LogP contribution in [-0.4, -0.2) is 26.7 Å². The molecule has 1 rings (SSSR count). The van der Waals surface area contributed by atoms with Crippen LogP contribution in [0.5, 0.6) is 0 Å². The first-order valence-electron chi connectivity index (χ1n) is 6.07. The Bertz CT molecular complexity index is 536. The number of carbonyl (C=O) groups is 1. The SMILES string of the molecule is CC(C)NC(=O)NC(C)c1ccc(S(C)(=O)=O)cc1. The van der Waals surface area contributed by atoms with Crippen LogP contribution in [0.4, 0.5) is 4.79 Å². The van der Waals surface area contributed by atoms with E-state index in [4.69, 9.17) is 0 Å². The van der Waals surface area contributed by atoms with E-state index in [9.17, 15) is 13.2 Å². The molecule has 0 aliphatic rings. The van der Waals surface area contributed by atoms with Crippen LogP contribution in [0.2, 0.25) is 0 Å². The molecule has 5 nitrogen and oxygen atoms in total. The van der Waals surface area contributed by atoms with E-state index in [0.29, 0.717) is 0 Å². The van der Waals surface area contributed by atoms with Crippen LogP contribution in [0.25, 0.3) is 0 Å². The van der Waals surface area contributed by atoms with Crippen molar-refractivity contribution in [3.8, 4) is 0 Å². The standard InChI is InChI=1S/C13H20N2O3S/c1-9(2)14-13(16)15-10(3)11-5-7-12(8-6-11)19(4,17)18/h5-10H,1-4H3,(H2,14,15,16). The van der Waals surface area contributed by atoms with Crippen LogP contribution >= 0.6 is 0 Å². The highest BCUT2D eigenvalue weighted by atomic mass is 32.2. The molecule has 0 bridgehead atoms. The maximum Gasteiger partial charge on any atom is 0.315 e. The third-order valence-electron chi connectivity index (χ3n) is 2.58. The summed E-state index contributed by atoms with van der Waals surface area (Å²) in [5.41, 5.74) is 0.853. The van der Waals surface area contributed by atoms with Gasteiger partial charge in [-0.1, -0.05) is 12.1 Å². The minimum atomic E-state index is -3.18. The predicted molar refractivity (Wildman–Crippen MR) is 74.8 cm³/mol. The van der Waals surface area contributed by atoms with Gasteiger partial charge in [0.1, 0.15) is 0 Å². The zero-order valence-corrected chi connectivity index (χ0v) is 12.4. The summed E-state index contributed by atoms with van der Waals surface area (Å²) in [5.74, 6) is 0. The van der Waals surface area contributed by atoms with Crippen LogP contribution in [0.15, 0.2) is 29.2 Å². The Morgan fingerprint density at radius 2 is 1.58 bits per heavy atom. The van der Waals surface area contributed by atoms with Crippen LogP contribution in [0, 0.1) is 0 Å². The first-order chi connectivity index (χ1) is 8.70. The fourth-order valence-electron chi connectivity index (χ4n) is 1.59. The van der Waals surface area contributed by atoms with Crippen LogP contribution in [-0.2, 0) is 9.84 Å². The van der Waals surface area contributed by atoms with Crippen molar-refractivity contribution >= 4 is 15.9 Å². The Morgan fingerprint density at radius 1 is 1.05 bits per heavy atom. The molecule has 0 aliphatic heterocycles. The molecule has 0 radical (unpaired) electrons. The molecule has 1 aromatic carbocycles. The molecular formula is C13H20N2O3S. The van der Waals surface area contributed by atoms with Gasteiger partial charge >= 0.3 is 6.03 Å². The number of nitrogens with one attached hydrogen (secondary N) is 2. The summed E-state index contributed by atoms with van der Waals surface area (Å²) >= 11 is 0. The van der Waals surface area contributed by atoms with Crippen molar-refractivity contribution in [3.05, 3.63) is 29.8 Å². The molecule has 0 saturated heterocycles. The summed E-state index contributed by atoms with van der Waals surface area (Å²) in [4.78, 5) is 11.8. The third-order valence-corrected chi connectivity index (χ3v) is 3.70. The highest BCUT2D eigenvalue weighted by Gasteiger charge is 2.12. The van der Waals surface area contributed by atoms with E-state index in [2.05, 4.69) is 10.6 Å². The molecule has 2 N–H and O–H groups in total. The Labute approximate surface area is 114 Å². The molecule has 0 aromatic heterocycles. The van der Waals surface area contributed by atoms with E-state index in [-0.39, 0.29) is 23.0 Å². The van der Waals surface area contributed by atoms with Gasteiger partial charge in [0.15, 0.2) is 9.84 Å². The van der Waals surface area contributed by atoms with Gasteiger partial charge in [-0.3, -0.25) is 0 Å². The van der Waals surface area contributed by atoms with Crippen molar-refractivity contribution in [1.29, 1.82) is 0 Å². The van der Waals surface area contributed by atoms with Gasteiger partial charge in [-0.25, -0.2) is 13.2 Å². The molecule has 1 unspecified atom stereocenters. The third kappa shape index (κ3) is 4.90. The zero-order valence-electron chi connectivity index (χ0n) is 11.6. The van der Waals surface area contributed by atoms with Crippen LogP contribution in [0.1, 0.15) is 32.4 Å². The molecule has 0 saturated carbocycles. The van der Waals surface area contributed by atoms with E-state index in [1.165, 1.54) is 6.26 Å². The molecule has 0 heterocycles. The normalized spacial score (nSPS) is 13.1. The number of benzene rings is 1. The van der Waals surface area contributed by atoms with Gasteiger partial charge in [-0.2, -0.15) is 0 Å². The number of sulfone groups is 1. The van der Waals surface area contributed by atoms with Gasteiger partial charge in [-0.15, -0.1) is 0 Å². The molecule has 19 heavy (non-hydrogen) atoms. The summed E-state index contributed by atoms with van der Waals surface area (Å²) in [6.07, 6.45) is 1.17. The molecule has 0 fully saturated rings. The minimum absolute atomic E-state index is 0.0693. The average Bonchev–Trinajstić information content (AvgIpc) is 2.26. The average molecular weight is 284 g/mol. The fourth-order valence-corrected chi connectivity index (χ4v) is 2.22. The van der Waals surface area contributed by atoms with E-state index >= 15 is 0 Å². The largest absolute Gasteiger partial charge is 0.336 e. The zero-order chi connectivity index (χ0) is 14.6. The second-order valence-electron chi connectivity index (χ2n) is 4.84. The lowest BCUT2D eigenvalue weighted by molar-refractivity contribution is 0.235. The minimum Gasteiger partial charge on any atom is -0.336 e. The molecule has 2 amide bonds. The summed E-state index contributed by atoms with van der Waals surface area (Å²) < 4.78 is 22.7. The van der Waals surface area contributed by atoms with Crippen molar-refractivity contribution in [1.82, 2.24) is 10.6 Å². The first kappa shape index (κ1) is 15.5. The second-order valence-corrected chi connectivity index (χ2v) is 6.85. The Kier molecular flexibility index (Phi) is 4.94. The molecular weight excluding hydrogens is 264 g/mol. The topological polar surface area (TPSA) is 75.3 Å². The Balaban J connectivity index is 2.73. The summed E-state index contributed by atoms with van der Waals surface area (Å²) in [7, 11) is -3.18. The van der Waals surface area contributed by atoms with Gasteiger partial charge < -0.3 is 10.6 Å². The van der Waals surface area contributed by atoms with E-state index in [1.54, 1.807) is 24.3 Å². The van der Waals surface area contributed by atoms with Crippen molar-refractivity contribution < 1.29 is 13.2 Å². The summed E-state index contributed by atoms with van der Waals surface area (Å²) in [6, 6.07) is 6.14. The molecule has 106 valence electrons. The van der Waals surface area contributed by atoms with Gasteiger partial charge in [0.2, 0.25) is 0 Å². The van der Waals surface area contributed by atoms with Gasteiger partial charge in [0, 0.05) is 12.3 Å².